The number of hydrogen-bond donors (Lipinski definition) is 0. The molecule has 0 radical (unpaired) electrons. The fourth-order valence-electron chi connectivity index (χ4n) is 2.25. The van der Waals surface area contributed by atoms with Crippen molar-refractivity contribution in [3.8, 4) is 0 Å². The zero-order chi connectivity index (χ0) is 13.0. The molecule has 3 heteroatoms. The molecule has 1 aliphatic carbocycles. The van der Waals surface area contributed by atoms with Crippen LogP contribution in [0, 0.1) is 11.6 Å². The van der Waals surface area contributed by atoms with E-state index in [1.165, 1.54) is 18.6 Å². The molecule has 0 amide bonds. The summed E-state index contributed by atoms with van der Waals surface area (Å²) in [5, 5.41) is 0. The molecule has 0 heterocycles. The van der Waals surface area contributed by atoms with Gasteiger partial charge in [0.1, 0.15) is 0 Å². The van der Waals surface area contributed by atoms with E-state index in [0.29, 0.717) is 12.0 Å². The van der Waals surface area contributed by atoms with Gasteiger partial charge in [0.2, 0.25) is 0 Å². The summed E-state index contributed by atoms with van der Waals surface area (Å²) >= 11 is 0. The predicted molar refractivity (Wildman–Crippen MR) is 66.5 cm³/mol. The number of halogens is 2. The fourth-order valence-corrected chi connectivity index (χ4v) is 2.25. The minimum Gasteiger partial charge on any atom is -0.289 e. The zero-order valence-electron chi connectivity index (χ0n) is 10.2. The zero-order valence-corrected chi connectivity index (χ0v) is 10.2. The molecule has 0 aromatic heterocycles. The Bertz CT molecular complexity index is 477. The second kappa shape index (κ2) is 5.89. The first-order chi connectivity index (χ1) is 8.70. The summed E-state index contributed by atoms with van der Waals surface area (Å²) in [6.07, 6.45) is 7.65. The molecule has 18 heavy (non-hydrogen) atoms. The predicted octanol–water partition coefficient (Wildman–Crippen LogP) is 4.43. The molecule has 1 aliphatic rings. The van der Waals surface area contributed by atoms with E-state index in [4.69, 9.17) is 0 Å². The van der Waals surface area contributed by atoms with Crippen molar-refractivity contribution in [2.45, 2.75) is 38.5 Å². The third-order valence-corrected chi connectivity index (χ3v) is 3.28. The van der Waals surface area contributed by atoms with Crippen molar-refractivity contribution in [1.82, 2.24) is 0 Å². The number of rotatable bonds is 2. The lowest BCUT2D eigenvalue weighted by atomic mass is 9.94. The molecule has 0 unspecified atom stereocenters. The summed E-state index contributed by atoms with van der Waals surface area (Å²) in [6.45, 7) is 0. The van der Waals surface area contributed by atoms with Crippen molar-refractivity contribution in [3.63, 3.8) is 0 Å². The lowest BCUT2D eigenvalue weighted by Crippen LogP contribution is -2.08. The monoisotopic (exact) mass is 250 g/mol. The van der Waals surface area contributed by atoms with E-state index in [9.17, 15) is 13.6 Å². The summed E-state index contributed by atoms with van der Waals surface area (Å²) in [5.41, 5.74) is 0.473. The molecule has 96 valence electrons. The van der Waals surface area contributed by atoms with Gasteiger partial charge in [0.25, 0.3) is 0 Å². The first-order valence-corrected chi connectivity index (χ1v) is 6.38. The standard InChI is InChI=1S/C15H16F2O/c16-13-10-6-9-12(14(13)17)15(18)11-7-4-2-1-3-5-8-11/h6-7,9-10H,1-5,8H2/b11-7+. The average Bonchev–Trinajstić information content (AvgIpc) is 2.31. The van der Waals surface area contributed by atoms with E-state index in [-0.39, 0.29) is 11.3 Å². The topological polar surface area (TPSA) is 17.1 Å². The highest BCUT2D eigenvalue weighted by atomic mass is 19.2. The highest BCUT2D eigenvalue weighted by molar-refractivity contribution is 6.08. The van der Waals surface area contributed by atoms with Crippen LogP contribution in [0.25, 0.3) is 0 Å². The van der Waals surface area contributed by atoms with Crippen LogP contribution in [0.4, 0.5) is 8.78 Å². The van der Waals surface area contributed by atoms with Crippen molar-refractivity contribution in [1.29, 1.82) is 0 Å². The normalized spacial score (nSPS) is 19.6. The van der Waals surface area contributed by atoms with Crippen LogP contribution in [-0.4, -0.2) is 5.78 Å². The maximum atomic E-state index is 13.6. The van der Waals surface area contributed by atoms with Gasteiger partial charge in [-0.05, 0) is 43.4 Å². The van der Waals surface area contributed by atoms with Gasteiger partial charge in [-0.15, -0.1) is 0 Å². The van der Waals surface area contributed by atoms with Crippen LogP contribution in [0.3, 0.4) is 0 Å². The Labute approximate surface area is 106 Å². The summed E-state index contributed by atoms with van der Waals surface area (Å²) in [5.74, 6) is -2.37. The number of allylic oxidation sites excluding steroid dienone is 2. The minimum atomic E-state index is -1.04. The van der Waals surface area contributed by atoms with E-state index in [0.717, 1.165) is 31.7 Å². The molecule has 1 aromatic carbocycles. The van der Waals surface area contributed by atoms with Crippen LogP contribution < -0.4 is 0 Å². The van der Waals surface area contributed by atoms with Crippen LogP contribution in [0.1, 0.15) is 48.9 Å². The van der Waals surface area contributed by atoms with Crippen LogP contribution in [0.5, 0.6) is 0 Å². The van der Waals surface area contributed by atoms with Gasteiger partial charge >= 0.3 is 0 Å². The Balaban J connectivity index is 2.26. The average molecular weight is 250 g/mol. The lowest BCUT2D eigenvalue weighted by Gasteiger charge is -2.11. The van der Waals surface area contributed by atoms with Gasteiger partial charge in [-0.2, -0.15) is 0 Å². The molecule has 0 bridgehead atoms. The maximum Gasteiger partial charge on any atom is 0.191 e. The van der Waals surface area contributed by atoms with Crippen LogP contribution in [-0.2, 0) is 0 Å². The number of carbonyl (C=O) groups excluding carboxylic acids is 1. The minimum absolute atomic E-state index is 0.151. The number of ketones is 1. The molecule has 1 nitrogen and oxygen atoms in total. The van der Waals surface area contributed by atoms with Crippen molar-refractivity contribution in [2.75, 3.05) is 0 Å². The van der Waals surface area contributed by atoms with Crippen molar-refractivity contribution in [3.05, 3.63) is 47.0 Å². The smallest absolute Gasteiger partial charge is 0.191 e. The second-order valence-electron chi connectivity index (χ2n) is 4.61. The van der Waals surface area contributed by atoms with Gasteiger partial charge < -0.3 is 0 Å². The molecule has 0 atom stereocenters. The second-order valence-corrected chi connectivity index (χ2v) is 4.61. The SMILES string of the molecule is O=C(/C1=C/CCCCCC1)c1cccc(F)c1F. The van der Waals surface area contributed by atoms with E-state index < -0.39 is 11.6 Å². The van der Waals surface area contributed by atoms with Gasteiger partial charge in [0, 0.05) is 0 Å². The number of hydrogen-bond acceptors (Lipinski definition) is 1. The quantitative estimate of drug-likeness (QED) is 0.710. The number of benzene rings is 1. The van der Waals surface area contributed by atoms with Gasteiger partial charge in [0.05, 0.1) is 5.56 Å². The Morgan fingerprint density at radius 2 is 1.83 bits per heavy atom. The van der Waals surface area contributed by atoms with Gasteiger partial charge in [-0.3, -0.25) is 4.79 Å². The Hall–Kier alpha value is -1.51. The Kier molecular flexibility index (Phi) is 4.24. The molecular formula is C15H16F2O. The third kappa shape index (κ3) is 2.84. The molecule has 1 aromatic rings. The Morgan fingerprint density at radius 3 is 2.67 bits per heavy atom. The molecule has 0 saturated heterocycles. The molecule has 0 N–H and O–H groups in total. The van der Waals surface area contributed by atoms with E-state index in [1.54, 1.807) is 0 Å². The fraction of sp³-hybridized carbons (Fsp3) is 0.400. The first-order valence-electron chi connectivity index (χ1n) is 6.38. The molecule has 0 spiro atoms. The summed E-state index contributed by atoms with van der Waals surface area (Å²) in [7, 11) is 0. The molecule has 2 rings (SSSR count). The van der Waals surface area contributed by atoms with E-state index in [1.807, 2.05) is 6.08 Å². The Morgan fingerprint density at radius 1 is 1.06 bits per heavy atom. The third-order valence-electron chi connectivity index (χ3n) is 3.28. The van der Waals surface area contributed by atoms with Crippen LogP contribution in [0.15, 0.2) is 29.8 Å². The van der Waals surface area contributed by atoms with Crippen molar-refractivity contribution < 1.29 is 13.6 Å². The van der Waals surface area contributed by atoms with E-state index >= 15 is 0 Å². The lowest BCUT2D eigenvalue weighted by molar-refractivity contribution is 0.102. The number of Topliss-reactive ketones (excluding diaryl/α,β-unsaturated/α-hetero) is 1. The van der Waals surface area contributed by atoms with Crippen LogP contribution in [0.2, 0.25) is 0 Å². The van der Waals surface area contributed by atoms with Gasteiger partial charge in [0.15, 0.2) is 17.4 Å². The summed E-state index contributed by atoms with van der Waals surface area (Å²) in [4.78, 5) is 12.2. The molecular weight excluding hydrogens is 234 g/mol. The van der Waals surface area contributed by atoms with Crippen LogP contribution >= 0.6 is 0 Å². The van der Waals surface area contributed by atoms with Crippen molar-refractivity contribution in [2.24, 2.45) is 0 Å². The summed E-state index contributed by atoms with van der Waals surface area (Å²) < 4.78 is 26.7. The first kappa shape index (κ1) is 12.9. The molecule has 0 aliphatic heterocycles. The maximum absolute atomic E-state index is 13.6. The molecule has 0 fully saturated rings. The largest absolute Gasteiger partial charge is 0.289 e. The summed E-state index contributed by atoms with van der Waals surface area (Å²) in [6, 6.07) is 3.74. The van der Waals surface area contributed by atoms with Crippen molar-refractivity contribution >= 4 is 5.78 Å². The van der Waals surface area contributed by atoms with Gasteiger partial charge in [-0.1, -0.05) is 25.0 Å². The van der Waals surface area contributed by atoms with E-state index in [2.05, 4.69) is 0 Å². The van der Waals surface area contributed by atoms with Gasteiger partial charge in [-0.25, -0.2) is 8.78 Å². The highest BCUT2D eigenvalue weighted by Crippen LogP contribution is 2.22. The number of carbonyl (C=O) groups is 1. The highest BCUT2D eigenvalue weighted by Gasteiger charge is 2.18. The molecule has 0 saturated carbocycles.